The van der Waals surface area contributed by atoms with Gasteiger partial charge in [-0.3, -0.25) is 9.35 Å². The second kappa shape index (κ2) is 4.30. The zero-order valence-corrected chi connectivity index (χ0v) is 8.60. The number of hydrogen-bond donors (Lipinski definition) is 1. The highest BCUT2D eigenvalue weighted by Crippen LogP contribution is 2.13. The number of carbonyl (C=O) groups is 1. The van der Waals surface area contributed by atoms with Crippen molar-refractivity contribution in [3.05, 3.63) is 0 Å². The van der Waals surface area contributed by atoms with Gasteiger partial charge in [0.2, 0.25) is 5.91 Å². The molecule has 0 aromatic heterocycles. The first-order chi connectivity index (χ1) is 5.99. The third-order valence-corrected chi connectivity index (χ3v) is 3.81. The minimum Gasteiger partial charge on any atom is -0.342 e. The molecule has 1 saturated heterocycles. The lowest BCUT2D eigenvalue weighted by Gasteiger charge is -2.13. The smallest absolute Gasteiger partial charge is 0.319 e. The fourth-order valence-corrected chi connectivity index (χ4v) is 2.55. The summed E-state index contributed by atoms with van der Waals surface area (Å²) in [4.78, 5) is 12.6. The van der Waals surface area contributed by atoms with E-state index in [0.717, 1.165) is 6.42 Å². The van der Waals surface area contributed by atoms with Crippen LogP contribution in [-0.4, -0.2) is 42.6 Å². The van der Waals surface area contributed by atoms with Gasteiger partial charge in [0.05, 0.1) is 0 Å². The molecule has 1 amide bonds. The van der Waals surface area contributed by atoms with Crippen LogP contribution in [0, 0.1) is 0 Å². The molecular formula is C6H11NO4S2. The quantitative estimate of drug-likeness (QED) is 0.544. The van der Waals surface area contributed by atoms with Crippen molar-refractivity contribution in [1.82, 2.24) is 4.90 Å². The van der Waals surface area contributed by atoms with E-state index in [0.29, 0.717) is 30.3 Å². The van der Waals surface area contributed by atoms with Crippen LogP contribution in [0.5, 0.6) is 0 Å². The van der Waals surface area contributed by atoms with Crippen LogP contribution in [0.3, 0.4) is 0 Å². The van der Waals surface area contributed by atoms with Crippen LogP contribution in [0.1, 0.15) is 12.8 Å². The molecule has 1 N–H and O–H groups in total. The van der Waals surface area contributed by atoms with Gasteiger partial charge in [0.1, 0.15) is 0 Å². The molecular weight excluding hydrogens is 214 g/mol. The zero-order valence-electron chi connectivity index (χ0n) is 6.97. The molecule has 1 heterocycles. The summed E-state index contributed by atoms with van der Waals surface area (Å²) in [5, 5.41) is 0. The summed E-state index contributed by atoms with van der Waals surface area (Å²) in [5.41, 5.74) is 0. The van der Waals surface area contributed by atoms with Crippen molar-refractivity contribution in [2.24, 2.45) is 0 Å². The van der Waals surface area contributed by atoms with Crippen LogP contribution >= 0.6 is 10.8 Å². The Bertz CT molecular complexity index is 287. The lowest BCUT2D eigenvalue weighted by Crippen LogP contribution is -2.27. The molecule has 7 heteroatoms. The number of likely N-dealkylation sites (tertiary alicyclic amines) is 1. The molecule has 0 aromatic carbocycles. The Labute approximate surface area is 80.6 Å². The summed E-state index contributed by atoms with van der Waals surface area (Å²) < 4.78 is 29.0. The second-order valence-corrected chi connectivity index (χ2v) is 6.20. The average Bonchev–Trinajstić information content (AvgIpc) is 2.34. The van der Waals surface area contributed by atoms with Gasteiger partial charge in [-0.15, -0.1) is 0 Å². The highest BCUT2D eigenvalue weighted by Gasteiger charge is 2.20. The first-order valence-corrected chi connectivity index (χ1v) is 6.83. The normalized spacial score (nSPS) is 18.2. The third kappa shape index (κ3) is 3.97. The van der Waals surface area contributed by atoms with Gasteiger partial charge in [-0.1, -0.05) is 0 Å². The molecule has 0 saturated carbocycles. The van der Waals surface area contributed by atoms with Gasteiger partial charge in [-0.05, 0) is 17.2 Å². The van der Waals surface area contributed by atoms with Crippen LogP contribution in [0.15, 0.2) is 0 Å². The van der Waals surface area contributed by atoms with Crippen molar-refractivity contribution in [1.29, 1.82) is 0 Å². The molecule has 0 atom stereocenters. The van der Waals surface area contributed by atoms with Crippen molar-refractivity contribution in [2.45, 2.75) is 12.8 Å². The average molecular weight is 225 g/mol. The van der Waals surface area contributed by atoms with Crippen molar-refractivity contribution >= 4 is 25.9 Å². The SMILES string of the molecule is O=C1CCCN1CCSS(=O)(=O)O. The van der Waals surface area contributed by atoms with Gasteiger partial charge in [-0.2, -0.15) is 8.42 Å². The third-order valence-electron chi connectivity index (χ3n) is 1.76. The van der Waals surface area contributed by atoms with Gasteiger partial charge < -0.3 is 4.90 Å². The summed E-state index contributed by atoms with van der Waals surface area (Å²) in [7, 11) is -3.50. The van der Waals surface area contributed by atoms with E-state index in [4.69, 9.17) is 4.55 Å². The monoisotopic (exact) mass is 225 g/mol. The van der Waals surface area contributed by atoms with Gasteiger partial charge in [0.25, 0.3) is 0 Å². The van der Waals surface area contributed by atoms with Crippen molar-refractivity contribution in [3.63, 3.8) is 0 Å². The van der Waals surface area contributed by atoms with E-state index in [9.17, 15) is 13.2 Å². The van der Waals surface area contributed by atoms with E-state index in [1.165, 1.54) is 0 Å². The molecule has 13 heavy (non-hydrogen) atoms. The predicted octanol–water partition coefficient (Wildman–Crippen LogP) is 0.145. The van der Waals surface area contributed by atoms with Crippen LogP contribution in [0.4, 0.5) is 0 Å². The largest absolute Gasteiger partial charge is 0.342 e. The van der Waals surface area contributed by atoms with E-state index in [-0.39, 0.29) is 11.7 Å². The molecule has 0 spiro atoms. The Morgan fingerprint density at radius 1 is 1.54 bits per heavy atom. The van der Waals surface area contributed by atoms with Crippen molar-refractivity contribution < 1.29 is 17.8 Å². The van der Waals surface area contributed by atoms with Crippen LogP contribution in [-0.2, 0) is 13.9 Å². The molecule has 1 aliphatic rings. The molecule has 0 aliphatic carbocycles. The van der Waals surface area contributed by atoms with Crippen molar-refractivity contribution in [3.8, 4) is 0 Å². The topological polar surface area (TPSA) is 74.7 Å². The fraction of sp³-hybridized carbons (Fsp3) is 0.833. The fourth-order valence-electron chi connectivity index (χ4n) is 1.19. The van der Waals surface area contributed by atoms with E-state index >= 15 is 0 Å². The van der Waals surface area contributed by atoms with Crippen LogP contribution in [0.25, 0.3) is 0 Å². The minimum atomic E-state index is -3.95. The maximum absolute atomic E-state index is 11.0. The standard InChI is InChI=1S/C6H11NO4S2/c8-6-2-1-3-7(6)4-5-12-13(9,10)11/h1-5H2,(H,9,10,11). The molecule has 0 radical (unpaired) electrons. The molecule has 0 aromatic rings. The first-order valence-electron chi connectivity index (χ1n) is 3.88. The Balaban J connectivity index is 2.23. The van der Waals surface area contributed by atoms with Crippen molar-refractivity contribution in [2.75, 3.05) is 18.8 Å². The molecule has 5 nitrogen and oxygen atoms in total. The van der Waals surface area contributed by atoms with E-state index < -0.39 is 9.15 Å². The molecule has 1 rings (SSSR count). The lowest BCUT2D eigenvalue weighted by molar-refractivity contribution is -0.127. The number of nitrogens with zero attached hydrogens (tertiary/aromatic N) is 1. The second-order valence-electron chi connectivity index (χ2n) is 2.73. The Hall–Kier alpha value is -0.270. The highest BCUT2D eigenvalue weighted by molar-refractivity contribution is 8.69. The summed E-state index contributed by atoms with van der Waals surface area (Å²) >= 11 is 0. The number of carbonyl (C=O) groups excluding carboxylic acids is 1. The summed E-state index contributed by atoms with van der Waals surface area (Å²) in [6, 6.07) is 0. The Morgan fingerprint density at radius 2 is 2.23 bits per heavy atom. The molecule has 0 bridgehead atoms. The van der Waals surface area contributed by atoms with E-state index in [1.54, 1.807) is 4.90 Å². The molecule has 1 fully saturated rings. The summed E-state index contributed by atoms with van der Waals surface area (Å²) in [5.74, 6) is 0.292. The summed E-state index contributed by atoms with van der Waals surface area (Å²) in [6.45, 7) is 1.09. The van der Waals surface area contributed by atoms with Gasteiger partial charge in [0.15, 0.2) is 0 Å². The first kappa shape index (κ1) is 10.8. The Morgan fingerprint density at radius 3 is 2.69 bits per heavy atom. The van der Waals surface area contributed by atoms with E-state index in [2.05, 4.69) is 0 Å². The minimum absolute atomic E-state index is 0.0657. The maximum atomic E-state index is 11.0. The molecule has 76 valence electrons. The maximum Gasteiger partial charge on any atom is 0.319 e. The number of hydrogen-bond acceptors (Lipinski definition) is 4. The van der Waals surface area contributed by atoms with Gasteiger partial charge in [-0.25, -0.2) is 0 Å². The van der Waals surface area contributed by atoms with Crippen LogP contribution in [0.2, 0.25) is 0 Å². The lowest BCUT2D eigenvalue weighted by atomic mass is 10.4. The van der Waals surface area contributed by atoms with Gasteiger partial charge >= 0.3 is 9.15 Å². The Kier molecular flexibility index (Phi) is 3.57. The van der Waals surface area contributed by atoms with Gasteiger partial charge in [0, 0.05) is 25.3 Å². The highest BCUT2D eigenvalue weighted by atomic mass is 33.1. The molecule has 0 unspecified atom stereocenters. The zero-order chi connectivity index (χ0) is 9.90. The molecule has 1 aliphatic heterocycles. The predicted molar refractivity (Wildman–Crippen MR) is 49.8 cm³/mol. The number of rotatable bonds is 4. The van der Waals surface area contributed by atoms with Crippen LogP contribution < -0.4 is 0 Å². The number of amides is 1. The summed E-state index contributed by atoms with van der Waals surface area (Å²) in [6.07, 6.45) is 1.39. The van der Waals surface area contributed by atoms with E-state index in [1.807, 2.05) is 0 Å².